The summed E-state index contributed by atoms with van der Waals surface area (Å²) in [5.74, 6) is -1.42. The fraction of sp³-hybridized carbons (Fsp3) is 0.429. The smallest absolute Gasteiger partial charge is 0.385 e. The van der Waals surface area contributed by atoms with Gasteiger partial charge >= 0.3 is 11.5 Å². The molecule has 0 aliphatic heterocycles. The third kappa shape index (κ3) is 1.88. The molecule has 104 valence electrons. The molecule has 0 heterocycles. The standard InChI is InChI=1S/C14H13NO5/c16-12-10-6-14(15(18)19,7-11(10)12)13(17)20-8-9-4-2-1-3-5-9/h1-5,10-11H,6-8H2. The van der Waals surface area contributed by atoms with Crippen LogP contribution in [0.5, 0.6) is 0 Å². The zero-order valence-corrected chi connectivity index (χ0v) is 10.7. The lowest BCUT2D eigenvalue weighted by atomic mass is 9.94. The van der Waals surface area contributed by atoms with E-state index in [4.69, 9.17) is 4.74 Å². The van der Waals surface area contributed by atoms with E-state index in [-0.39, 0.29) is 37.1 Å². The van der Waals surface area contributed by atoms with Crippen molar-refractivity contribution >= 4 is 11.8 Å². The second-order valence-electron chi connectivity index (χ2n) is 5.37. The summed E-state index contributed by atoms with van der Waals surface area (Å²) in [6.07, 6.45) is -0.0335. The van der Waals surface area contributed by atoms with Gasteiger partial charge in [-0.3, -0.25) is 14.9 Å². The van der Waals surface area contributed by atoms with Gasteiger partial charge in [-0.25, -0.2) is 4.79 Å². The molecular weight excluding hydrogens is 262 g/mol. The van der Waals surface area contributed by atoms with Crippen molar-refractivity contribution in [2.24, 2.45) is 11.8 Å². The number of ketones is 1. The molecule has 0 saturated heterocycles. The molecule has 0 N–H and O–H groups in total. The minimum absolute atomic E-state index is 0.0124. The van der Waals surface area contributed by atoms with E-state index in [9.17, 15) is 19.7 Å². The van der Waals surface area contributed by atoms with Crippen LogP contribution in [0.25, 0.3) is 0 Å². The number of rotatable bonds is 4. The summed E-state index contributed by atoms with van der Waals surface area (Å²) in [7, 11) is 0. The number of carbonyl (C=O) groups excluding carboxylic acids is 2. The SMILES string of the molecule is O=C1C2CC(C(=O)OCc3ccccc3)([N+](=O)[O-])CC12. The molecule has 3 rings (SSSR count). The highest BCUT2D eigenvalue weighted by atomic mass is 16.6. The zero-order valence-electron chi connectivity index (χ0n) is 10.7. The summed E-state index contributed by atoms with van der Waals surface area (Å²) in [5.41, 5.74) is -0.948. The van der Waals surface area contributed by atoms with Crippen LogP contribution in [-0.4, -0.2) is 22.2 Å². The van der Waals surface area contributed by atoms with Crippen LogP contribution in [0.3, 0.4) is 0 Å². The first-order valence-corrected chi connectivity index (χ1v) is 6.44. The van der Waals surface area contributed by atoms with Gasteiger partial charge in [-0.2, -0.15) is 0 Å². The van der Waals surface area contributed by atoms with Crippen LogP contribution in [0.1, 0.15) is 18.4 Å². The highest BCUT2D eigenvalue weighted by molar-refractivity contribution is 6.02. The first kappa shape index (κ1) is 12.8. The van der Waals surface area contributed by atoms with E-state index < -0.39 is 16.4 Å². The maximum atomic E-state index is 12.1. The number of Topliss-reactive ketones (excluding diaryl/α,β-unsaturated/α-hetero) is 1. The average molecular weight is 275 g/mol. The molecule has 6 heteroatoms. The molecule has 0 radical (unpaired) electrons. The van der Waals surface area contributed by atoms with Crippen molar-refractivity contribution in [3.63, 3.8) is 0 Å². The first-order valence-electron chi connectivity index (χ1n) is 6.44. The molecule has 1 aromatic rings. The zero-order chi connectivity index (χ0) is 14.3. The first-order chi connectivity index (χ1) is 9.54. The molecule has 2 aliphatic carbocycles. The van der Waals surface area contributed by atoms with Crippen LogP contribution in [0, 0.1) is 22.0 Å². The van der Waals surface area contributed by atoms with Gasteiger partial charge in [0.25, 0.3) is 0 Å². The normalized spacial score (nSPS) is 30.7. The Morgan fingerprint density at radius 3 is 2.45 bits per heavy atom. The molecular formula is C14H13NO5. The molecule has 2 fully saturated rings. The van der Waals surface area contributed by atoms with Crippen molar-refractivity contribution in [2.75, 3.05) is 0 Å². The van der Waals surface area contributed by atoms with Crippen LogP contribution >= 0.6 is 0 Å². The molecule has 6 nitrogen and oxygen atoms in total. The summed E-state index contributed by atoms with van der Waals surface area (Å²) in [6.45, 7) is 0.0124. The van der Waals surface area contributed by atoms with E-state index >= 15 is 0 Å². The van der Waals surface area contributed by atoms with Gasteiger partial charge in [0.2, 0.25) is 0 Å². The van der Waals surface area contributed by atoms with Gasteiger partial charge in [-0.15, -0.1) is 0 Å². The Morgan fingerprint density at radius 1 is 1.30 bits per heavy atom. The number of benzene rings is 1. The van der Waals surface area contributed by atoms with Crippen molar-refractivity contribution < 1.29 is 19.2 Å². The maximum Gasteiger partial charge on any atom is 0.385 e. The number of hydrogen-bond acceptors (Lipinski definition) is 5. The van der Waals surface area contributed by atoms with E-state index in [1.807, 2.05) is 6.07 Å². The molecule has 0 amide bonds. The summed E-state index contributed by atoms with van der Waals surface area (Å²) < 4.78 is 5.09. The number of nitrogens with zero attached hydrogens (tertiary/aromatic N) is 1. The molecule has 20 heavy (non-hydrogen) atoms. The fourth-order valence-electron chi connectivity index (χ4n) is 2.89. The lowest BCUT2D eigenvalue weighted by Crippen LogP contribution is -2.46. The van der Waals surface area contributed by atoms with E-state index in [0.29, 0.717) is 0 Å². The second-order valence-corrected chi connectivity index (χ2v) is 5.37. The van der Waals surface area contributed by atoms with Crippen molar-refractivity contribution in [3.05, 3.63) is 46.0 Å². The Hall–Kier alpha value is -2.24. The molecule has 0 bridgehead atoms. The highest BCUT2D eigenvalue weighted by Crippen LogP contribution is 2.54. The lowest BCUT2D eigenvalue weighted by molar-refractivity contribution is -0.555. The average Bonchev–Trinajstić information content (AvgIpc) is 2.90. The fourth-order valence-corrected chi connectivity index (χ4v) is 2.89. The van der Waals surface area contributed by atoms with Gasteiger partial charge in [0.1, 0.15) is 12.4 Å². The minimum atomic E-state index is -1.72. The Bertz CT molecular complexity index is 568. The molecule has 0 aromatic heterocycles. The van der Waals surface area contributed by atoms with Gasteiger partial charge in [-0.05, 0) is 5.56 Å². The summed E-state index contributed by atoms with van der Waals surface area (Å²) >= 11 is 0. The van der Waals surface area contributed by atoms with E-state index in [2.05, 4.69) is 0 Å². The van der Waals surface area contributed by atoms with E-state index in [1.165, 1.54) is 0 Å². The summed E-state index contributed by atoms with van der Waals surface area (Å²) in [4.78, 5) is 34.0. The predicted octanol–water partition coefficient (Wildman–Crippen LogP) is 1.35. The molecule has 1 aromatic carbocycles. The van der Waals surface area contributed by atoms with Gasteiger partial charge in [0.15, 0.2) is 0 Å². The maximum absolute atomic E-state index is 12.1. The highest BCUT2D eigenvalue weighted by Gasteiger charge is 2.71. The number of fused-ring (bicyclic) bond motifs is 1. The molecule has 2 unspecified atom stereocenters. The van der Waals surface area contributed by atoms with Gasteiger partial charge in [0.05, 0.1) is 0 Å². The lowest BCUT2D eigenvalue weighted by Gasteiger charge is -2.19. The van der Waals surface area contributed by atoms with Crippen LogP contribution < -0.4 is 0 Å². The van der Waals surface area contributed by atoms with Crippen LogP contribution in [0.15, 0.2) is 30.3 Å². The molecule has 2 atom stereocenters. The van der Waals surface area contributed by atoms with Crippen LogP contribution in [0.2, 0.25) is 0 Å². The van der Waals surface area contributed by atoms with Crippen molar-refractivity contribution in [2.45, 2.75) is 25.0 Å². The van der Waals surface area contributed by atoms with Crippen molar-refractivity contribution in [1.82, 2.24) is 0 Å². The van der Waals surface area contributed by atoms with Crippen molar-refractivity contribution in [3.8, 4) is 0 Å². The Balaban J connectivity index is 1.69. The minimum Gasteiger partial charge on any atom is -0.456 e. The Morgan fingerprint density at radius 2 is 1.90 bits per heavy atom. The Kier molecular flexibility index (Phi) is 2.81. The largest absolute Gasteiger partial charge is 0.456 e. The van der Waals surface area contributed by atoms with Gasteiger partial charge in [0, 0.05) is 29.6 Å². The van der Waals surface area contributed by atoms with Crippen LogP contribution in [0.4, 0.5) is 0 Å². The van der Waals surface area contributed by atoms with Crippen molar-refractivity contribution in [1.29, 1.82) is 0 Å². The summed E-state index contributed by atoms with van der Waals surface area (Å²) in [6, 6.07) is 9.00. The molecule has 2 saturated carbocycles. The third-order valence-electron chi connectivity index (χ3n) is 4.16. The molecule has 0 spiro atoms. The summed E-state index contributed by atoms with van der Waals surface area (Å²) in [5, 5.41) is 11.2. The number of hydrogen-bond donors (Lipinski definition) is 0. The van der Waals surface area contributed by atoms with E-state index in [1.54, 1.807) is 24.3 Å². The van der Waals surface area contributed by atoms with Gasteiger partial charge < -0.3 is 4.74 Å². The quantitative estimate of drug-likeness (QED) is 0.470. The van der Waals surface area contributed by atoms with Crippen LogP contribution in [-0.2, 0) is 20.9 Å². The number of carbonyl (C=O) groups is 2. The monoisotopic (exact) mass is 275 g/mol. The Labute approximate surface area is 114 Å². The topological polar surface area (TPSA) is 86.5 Å². The van der Waals surface area contributed by atoms with E-state index in [0.717, 1.165) is 5.56 Å². The number of nitro groups is 1. The predicted molar refractivity (Wildman–Crippen MR) is 67.2 cm³/mol. The number of esters is 1. The number of ether oxygens (including phenoxy) is 1. The third-order valence-corrected chi connectivity index (χ3v) is 4.16. The second kappa shape index (κ2) is 4.40. The molecule has 2 aliphatic rings. The van der Waals surface area contributed by atoms with Gasteiger partial charge in [-0.1, -0.05) is 30.3 Å².